The van der Waals surface area contributed by atoms with E-state index in [4.69, 9.17) is 14.2 Å². The third kappa shape index (κ3) is 7.40. The quantitative estimate of drug-likeness (QED) is 0.258. The molecule has 0 atom stereocenters. The van der Waals surface area contributed by atoms with Gasteiger partial charge in [0.15, 0.2) is 23.1 Å². The lowest BCUT2D eigenvalue weighted by atomic mass is 10.1. The van der Waals surface area contributed by atoms with Crippen LogP contribution in [0, 0.1) is 12.7 Å². The lowest BCUT2D eigenvalue weighted by Crippen LogP contribution is -2.34. The second kappa shape index (κ2) is 13.2. The molecule has 0 aliphatic rings. The summed E-state index contributed by atoms with van der Waals surface area (Å²) in [4.78, 5) is 19.5. The van der Waals surface area contributed by atoms with Crippen LogP contribution in [-0.2, 0) is 14.8 Å². The Morgan fingerprint density at radius 1 is 1.07 bits per heavy atom. The van der Waals surface area contributed by atoms with E-state index in [1.54, 1.807) is 37.3 Å². The minimum atomic E-state index is -3.73. The number of ether oxygens (including phenoxy) is 3. The Morgan fingerprint density at radius 2 is 1.75 bits per heavy atom. The van der Waals surface area contributed by atoms with Gasteiger partial charge in [-0.2, -0.15) is 4.98 Å². The van der Waals surface area contributed by atoms with Crippen molar-refractivity contribution in [1.82, 2.24) is 15.3 Å². The number of nitrogens with zero attached hydrogens (tertiary/aromatic N) is 3. The van der Waals surface area contributed by atoms with Crippen molar-refractivity contribution in [1.29, 1.82) is 0 Å². The second-order valence-electron chi connectivity index (χ2n) is 8.70. The SMILES string of the molecule is COc1cc(Nc2ncc(F)c(Nc3cccc(C)c3N(CCCNC(C)=O)S(C)(=O)=O)n2)cc(OC)c1OC. The highest BCUT2D eigenvalue weighted by molar-refractivity contribution is 7.92. The molecule has 2 aromatic carbocycles. The summed E-state index contributed by atoms with van der Waals surface area (Å²) in [5.74, 6) is 0.115. The molecule has 12 nitrogen and oxygen atoms in total. The van der Waals surface area contributed by atoms with Gasteiger partial charge in [-0.1, -0.05) is 12.1 Å². The first-order valence-electron chi connectivity index (χ1n) is 12.2. The van der Waals surface area contributed by atoms with Gasteiger partial charge < -0.3 is 30.2 Å². The lowest BCUT2D eigenvalue weighted by molar-refractivity contribution is -0.118. The van der Waals surface area contributed by atoms with E-state index in [1.807, 2.05) is 0 Å². The van der Waals surface area contributed by atoms with E-state index in [0.717, 1.165) is 12.5 Å². The number of carbonyl (C=O) groups excluding carboxylic acids is 1. The predicted molar refractivity (Wildman–Crippen MR) is 151 cm³/mol. The van der Waals surface area contributed by atoms with Crippen molar-refractivity contribution in [3.05, 3.63) is 47.9 Å². The molecule has 40 heavy (non-hydrogen) atoms. The summed E-state index contributed by atoms with van der Waals surface area (Å²) in [6, 6.07) is 8.38. The highest BCUT2D eigenvalue weighted by Gasteiger charge is 2.23. The fraction of sp³-hybridized carbons (Fsp3) is 0.346. The number of hydrogen-bond acceptors (Lipinski definition) is 10. The van der Waals surface area contributed by atoms with E-state index >= 15 is 0 Å². The molecule has 0 aliphatic heterocycles. The molecule has 0 radical (unpaired) electrons. The van der Waals surface area contributed by atoms with Gasteiger partial charge in [-0.25, -0.2) is 17.8 Å². The summed E-state index contributed by atoms with van der Waals surface area (Å²) < 4.78 is 57.7. The van der Waals surface area contributed by atoms with E-state index in [2.05, 4.69) is 25.9 Å². The first-order valence-corrected chi connectivity index (χ1v) is 14.0. The largest absolute Gasteiger partial charge is 0.493 e. The smallest absolute Gasteiger partial charge is 0.232 e. The molecule has 1 aromatic heterocycles. The van der Waals surface area contributed by atoms with Crippen LogP contribution >= 0.6 is 0 Å². The summed E-state index contributed by atoms with van der Waals surface area (Å²) in [5.41, 5.74) is 1.79. The van der Waals surface area contributed by atoms with E-state index in [1.165, 1.54) is 32.6 Å². The maximum atomic E-state index is 14.9. The summed E-state index contributed by atoms with van der Waals surface area (Å²) in [6.07, 6.45) is 2.45. The number of rotatable bonds is 13. The van der Waals surface area contributed by atoms with Crippen molar-refractivity contribution in [3.63, 3.8) is 0 Å². The number of sulfonamides is 1. The Hall–Kier alpha value is -4.33. The van der Waals surface area contributed by atoms with Crippen LogP contribution in [0.2, 0.25) is 0 Å². The summed E-state index contributed by atoms with van der Waals surface area (Å²) >= 11 is 0. The number of aromatic nitrogens is 2. The molecule has 0 fully saturated rings. The number of hydrogen-bond donors (Lipinski definition) is 3. The van der Waals surface area contributed by atoms with Crippen LogP contribution in [0.1, 0.15) is 18.9 Å². The van der Waals surface area contributed by atoms with Crippen molar-refractivity contribution in [2.24, 2.45) is 0 Å². The molecular formula is C26H33FN6O6S. The lowest BCUT2D eigenvalue weighted by Gasteiger charge is -2.27. The highest BCUT2D eigenvalue weighted by atomic mass is 32.2. The second-order valence-corrected chi connectivity index (χ2v) is 10.6. The zero-order valence-electron chi connectivity index (χ0n) is 23.2. The summed E-state index contributed by atoms with van der Waals surface area (Å²) in [6.45, 7) is 3.53. The Bertz CT molecular complexity index is 1450. The molecule has 0 saturated carbocycles. The third-order valence-corrected chi connectivity index (χ3v) is 6.88. The number of para-hydroxylation sites is 1. The fourth-order valence-corrected chi connectivity index (χ4v) is 4.98. The molecule has 0 saturated heterocycles. The van der Waals surface area contributed by atoms with E-state index < -0.39 is 15.8 Å². The molecule has 0 unspecified atom stereocenters. The van der Waals surface area contributed by atoms with Crippen molar-refractivity contribution >= 4 is 44.8 Å². The predicted octanol–water partition coefficient (Wildman–Crippen LogP) is 3.73. The number of nitrogens with one attached hydrogen (secondary N) is 3. The van der Waals surface area contributed by atoms with Gasteiger partial charge in [-0.05, 0) is 25.0 Å². The van der Waals surface area contributed by atoms with Crippen LogP contribution in [0.25, 0.3) is 0 Å². The van der Waals surface area contributed by atoms with Crippen molar-refractivity contribution in [3.8, 4) is 17.2 Å². The average Bonchev–Trinajstić information content (AvgIpc) is 2.90. The van der Waals surface area contributed by atoms with E-state index in [0.29, 0.717) is 52.8 Å². The van der Waals surface area contributed by atoms with Gasteiger partial charge in [0.25, 0.3) is 0 Å². The van der Waals surface area contributed by atoms with Gasteiger partial charge >= 0.3 is 0 Å². The van der Waals surface area contributed by atoms with Gasteiger partial charge in [-0.15, -0.1) is 0 Å². The van der Waals surface area contributed by atoms with E-state index in [9.17, 15) is 17.6 Å². The number of aryl methyl sites for hydroxylation is 1. The number of benzene rings is 2. The molecule has 3 aromatic rings. The van der Waals surface area contributed by atoms with E-state index in [-0.39, 0.29) is 24.2 Å². The topological polar surface area (TPSA) is 144 Å². The number of methoxy groups -OCH3 is 3. The third-order valence-electron chi connectivity index (χ3n) is 5.72. The van der Waals surface area contributed by atoms with Crippen LogP contribution in [0.15, 0.2) is 36.5 Å². The van der Waals surface area contributed by atoms with Gasteiger partial charge in [0, 0.05) is 37.8 Å². The van der Waals surface area contributed by atoms with Crippen LogP contribution < -0.4 is 34.5 Å². The summed E-state index contributed by atoms with van der Waals surface area (Å²) in [7, 11) is 0.727. The molecule has 0 aliphatic carbocycles. The molecular weight excluding hydrogens is 543 g/mol. The Balaban J connectivity index is 1.95. The first kappa shape index (κ1) is 30.2. The standard InChI is InChI=1S/C26H33FN6O6S/c1-16-9-7-10-20(23(16)33(40(6,35)36)12-8-11-28-17(2)34)31-25-19(27)15-29-26(32-25)30-18-13-21(37-3)24(39-5)22(14-18)38-4/h7,9-10,13-15H,8,11-12H2,1-6H3,(H,28,34)(H2,29,30,31,32). The maximum absolute atomic E-state index is 14.9. The molecule has 1 heterocycles. The molecule has 0 spiro atoms. The zero-order chi connectivity index (χ0) is 29.4. The van der Waals surface area contributed by atoms with Gasteiger partial charge in [0.05, 0.1) is 45.2 Å². The molecule has 216 valence electrons. The van der Waals surface area contributed by atoms with Crippen molar-refractivity contribution in [2.45, 2.75) is 20.3 Å². The Labute approximate surface area is 232 Å². The normalized spacial score (nSPS) is 11.0. The molecule has 0 bridgehead atoms. The number of anilines is 5. The zero-order valence-corrected chi connectivity index (χ0v) is 24.0. The number of carbonyl (C=O) groups is 1. The Morgan fingerprint density at radius 3 is 2.33 bits per heavy atom. The maximum Gasteiger partial charge on any atom is 0.232 e. The fourth-order valence-electron chi connectivity index (χ4n) is 3.95. The molecule has 3 N–H and O–H groups in total. The molecule has 3 rings (SSSR count). The molecule has 1 amide bonds. The minimum Gasteiger partial charge on any atom is -0.493 e. The highest BCUT2D eigenvalue weighted by Crippen LogP contribution is 2.40. The van der Waals surface area contributed by atoms with Crippen LogP contribution in [0.4, 0.5) is 33.2 Å². The van der Waals surface area contributed by atoms with Crippen LogP contribution in [-0.4, -0.2) is 65.0 Å². The van der Waals surface area contributed by atoms with Crippen molar-refractivity contribution in [2.75, 3.05) is 55.6 Å². The van der Waals surface area contributed by atoms with Gasteiger partial charge in [0.2, 0.25) is 27.6 Å². The van der Waals surface area contributed by atoms with Crippen LogP contribution in [0.3, 0.4) is 0 Å². The number of amides is 1. The van der Waals surface area contributed by atoms with Crippen LogP contribution in [0.5, 0.6) is 17.2 Å². The monoisotopic (exact) mass is 576 g/mol. The first-order chi connectivity index (χ1) is 19.0. The van der Waals surface area contributed by atoms with Crippen molar-refractivity contribution < 1.29 is 31.8 Å². The molecule has 14 heteroatoms. The van der Waals surface area contributed by atoms with Gasteiger partial charge in [0.1, 0.15) is 0 Å². The number of halogens is 1. The minimum absolute atomic E-state index is 0.0580. The van der Waals surface area contributed by atoms with Gasteiger partial charge in [-0.3, -0.25) is 9.10 Å². The Kier molecular flexibility index (Phi) is 9.93. The summed E-state index contributed by atoms with van der Waals surface area (Å²) in [5, 5.41) is 8.57. The average molecular weight is 577 g/mol.